The van der Waals surface area contributed by atoms with E-state index in [1.165, 1.54) is 55.4 Å². The number of rotatable bonds is 10. The Hall–Kier alpha value is -2.43. The van der Waals surface area contributed by atoms with E-state index in [2.05, 4.69) is 37.8 Å². The van der Waals surface area contributed by atoms with Crippen LogP contribution in [0.15, 0.2) is 42.6 Å². The number of hydrogen-bond acceptors (Lipinski definition) is 2. The van der Waals surface area contributed by atoms with Gasteiger partial charge in [0.15, 0.2) is 0 Å². The molecule has 1 N–H and O–H groups in total. The van der Waals surface area contributed by atoms with Crippen molar-refractivity contribution < 1.29 is 9.18 Å². The molecule has 1 aromatic carbocycles. The molecule has 1 unspecified atom stereocenters. The van der Waals surface area contributed by atoms with Crippen LogP contribution in [0.3, 0.4) is 0 Å². The number of nitrogens with one attached hydrogen (secondary N) is 1. The number of halogens is 1. The molecule has 0 saturated heterocycles. The summed E-state index contributed by atoms with van der Waals surface area (Å²) in [6.07, 6.45) is 15.1. The number of hydrogen-bond donors (Lipinski definition) is 1. The summed E-state index contributed by atoms with van der Waals surface area (Å²) in [6.45, 7) is 11.1. The second kappa shape index (κ2) is 11.7. The van der Waals surface area contributed by atoms with Crippen LogP contribution in [-0.4, -0.2) is 21.7 Å². The molecule has 0 spiro atoms. The van der Waals surface area contributed by atoms with Crippen LogP contribution in [0.5, 0.6) is 0 Å². The van der Waals surface area contributed by atoms with Crippen molar-refractivity contribution in [2.75, 3.05) is 0 Å². The maximum atomic E-state index is 13.4. The Labute approximate surface area is 216 Å². The summed E-state index contributed by atoms with van der Waals surface area (Å²) in [6, 6.07) is 6.71. The molecule has 0 radical (unpaired) electrons. The summed E-state index contributed by atoms with van der Waals surface area (Å²) in [5.41, 5.74) is 4.46. The Morgan fingerprint density at radius 3 is 2.64 bits per heavy atom. The first-order valence-electron chi connectivity index (χ1n) is 14.1. The highest BCUT2D eigenvalue weighted by atomic mass is 19.1. The molecule has 2 saturated carbocycles. The van der Waals surface area contributed by atoms with E-state index in [0.717, 1.165) is 49.9 Å². The molecule has 4 rings (SSSR count). The number of aromatic nitrogens is 2. The van der Waals surface area contributed by atoms with Crippen LogP contribution in [0, 0.1) is 30.0 Å². The van der Waals surface area contributed by atoms with Gasteiger partial charge in [-0.25, -0.2) is 9.07 Å². The fraction of sp³-hybridized carbons (Fsp3) is 0.613. The molecule has 2 aromatic rings. The van der Waals surface area contributed by atoms with Crippen molar-refractivity contribution in [3.63, 3.8) is 0 Å². The number of benzene rings is 1. The monoisotopic (exact) mass is 493 g/mol. The van der Waals surface area contributed by atoms with Crippen LogP contribution >= 0.6 is 0 Å². The molecule has 1 amide bonds. The van der Waals surface area contributed by atoms with E-state index < -0.39 is 0 Å². The van der Waals surface area contributed by atoms with Gasteiger partial charge < -0.3 is 5.32 Å². The Morgan fingerprint density at radius 1 is 1.22 bits per heavy atom. The van der Waals surface area contributed by atoms with Gasteiger partial charge in [-0.2, -0.15) is 5.10 Å². The number of allylic oxidation sites excluding steroid dienone is 1. The lowest BCUT2D eigenvalue weighted by molar-refractivity contribution is -0.123. The molecule has 0 bridgehead atoms. The minimum absolute atomic E-state index is 0.0263. The molecule has 5 heteroatoms. The largest absolute Gasteiger partial charge is 0.353 e. The van der Waals surface area contributed by atoms with E-state index in [1.807, 2.05) is 10.9 Å². The van der Waals surface area contributed by atoms with Crippen molar-refractivity contribution in [3.8, 4) is 5.69 Å². The van der Waals surface area contributed by atoms with E-state index >= 15 is 0 Å². The van der Waals surface area contributed by atoms with Gasteiger partial charge in [-0.1, -0.05) is 51.7 Å². The van der Waals surface area contributed by atoms with Crippen molar-refractivity contribution in [2.45, 2.75) is 104 Å². The molecule has 2 aliphatic rings. The minimum Gasteiger partial charge on any atom is -0.353 e. The molecule has 2 aliphatic carbocycles. The van der Waals surface area contributed by atoms with Gasteiger partial charge in [-0.3, -0.25) is 4.79 Å². The van der Waals surface area contributed by atoms with Gasteiger partial charge in [-0.05, 0) is 98.9 Å². The standard InChI is InChI=1S/C31H44FN3O/c1-5-9-28(34-30(36)18-24-10-7-6-8-11-24)19-26-13-12-22(2)31(26,4)20-25-21-33-35(23(25)3)29-16-14-27(32)15-17-29/h14-17,21,24,26,28H,2,5-13,18-20H2,1,3-4H3,(H,34,36)/t26-,28?,31+/m1/s1. The van der Waals surface area contributed by atoms with E-state index in [-0.39, 0.29) is 23.2 Å². The average molecular weight is 494 g/mol. The zero-order valence-electron chi connectivity index (χ0n) is 22.5. The topological polar surface area (TPSA) is 46.9 Å². The van der Waals surface area contributed by atoms with Crippen molar-refractivity contribution in [2.24, 2.45) is 17.3 Å². The van der Waals surface area contributed by atoms with Crippen LogP contribution in [0.4, 0.5) is 4.39 Å². The maximum Gasteiger partial charge on any atom is 0.220 e. The lowest BCUT2D eigenvalue weighted by Gasteiger charge is -2.35. The summed E-state index contributed by atoms with van der Waals surface area (Å²) in [4.78, 5) is 12.9. The number of carbonyl (C=O) groups is 1. The Kier molecular flexibility index (Phi) is 8.69. The van der Waals surface area contributed by atoms with E-state index in [9.17, 15) is 9.18 Å². The van der Waals surface area contributed by atoms with Crippen molar-refractivity contribution >= 4 is 5.91 Å². The van der Waals surface area contributed by atoms with Crippen LogP contribution in [0.1, 0.15) is 95.7 Å². The summed E-state index contributed by atoms with van der Waals surface area (Å²) < 4.78 is 15.3. The van der Waals surface area contributed by atoms with Crippen LogP contribution in [-0.2, 0) is 11.2 Å². The molecule has 1 heterocycles. The Bertz CT molecular complexity index is 1040. The molecule has 36 heavy (non-hydrogen) atoms. The zero-order valence-corrected chi connectivity index (χ0v) is 22.5. The predicted molar refractivity (Wildman–Crippen MR) is 145 cm³/mol. The van der Waals surface area contributed by atoms with Crippen LogP contribution in [0.2, 0.25) is 0 Å². The number of amides is 1. The third-order valence-electron chi connectivity index (χ3n) is 9.01. The summed E-state index contributed by atoms with van der Waals surface area (Å²) >= 11 is 0. The van der Waals surface area contributed by atoms with Gasteiger partial charge in [0.25, 0.3) is 0 Å². The van der Waals surface area contributed by atoms with Crippen molar-refractivity contribution in [3.05, 3.63) is 59.7 Å². The van der Waals surface area contributed by atoms with E-state index in [4.69, 9.17) is 0 Å². The van der Waals surface area contributed by atoms with Crippen LogP contribution < -0.4 is 5.32 Å². The summed E-state index contributed by atoms with van der Waals surface area (Å²) in [5, 5.41) is 8.07. The van der Waals surface area contributed by atoms with E-state index in [0.29, 0.717) is 18.3 Å². The summed E-state index contributed by atoms with van der Waals surface area (Å²) in [7, 11) is 0. The first kappa shape index (κ1) is 26.6. The maximum absolute atomic E-state index is 13.4. The average Bonchev–Trinajstić information content (AvgIpc) is 3.34. The lowest BCUT2D eigenvalue weighted by atomic mass is 9.70. The highest BCUT2D eigenvalue weighted by molar-refractivity contribution is 5.76. The number of nitrogens with zero attached hydrogens (tertiary/aromatic N) is 2. The Morgan fingerprint density at radius 2 is 1.94 bits per heavy atom. The third kappa shape index (κ3) is 6.10. The zero-order chi connectivity index (χ0) is 25.7. The molecular weight excluding hydrogens is 449 g/mol. The minimum atomic E-state index is -0.242. The fourth-order valence-corrected chi connectivity index (χ4v) is 6.62. The molecule has 0 aliphatic heterocycles. The smallest absolute Gasteiger partial charge is 0.220 e. The normalized spacial score (nSPS) is 23.7. The Balaban J connectivity index is 1.44. The highest BCUT2D eigenvalue weighted by Crippen LogP contribution is 2.51. The van der Waals surface area contributed by atoms with Gasteiger partial charge in [-0.15, -0.1) is 0 Å². The first-order chi connectivity index (χ1) is 17.3. The second-order valence-electron chi connectivity index (χ2n) is 11.6. The van der Waals surface area contributed by atoms with Gasteiger partial charge in [0.05, 0.1) is 11.9 Å². The molecular formula is C31H44FN3O. The lowest BCUT2D eigenvalue weighted by Crippen LogP contribution is -2.39. The van der Waals surface area contributed by atoms with Gasteiger partial charge >= 0.3 is 0 Å². The second-order valence-corrected chi connectivity index (χ2v) is 11.6. The highest BCUT2D eigenvalue weighted by Gasteiger charge is 2.43. The van der Waals surface area contributed by atoms with Crippen molar-refractivity contribution in [1.82, 2.24) is 15.1 Å². The SMILES string of the molecule is C=C1CC[C@H](CC(CCC)NC(=O)CC2CCCCC2)[C@@]1(C)Cc1cnn(-c2ccc(F)cc2)c1C. The van der Waals surface area contributed by atoms with Gasteiger partial charge in [0.1, 0.15) is 5.82 Å². The summed E-state index contributed by atoms with van der Waals surface area (Å²) in [5.74, 6) is 1.05. The first-order valence-corrected chi connectivity index (χ1v) is 14.1. The number of carbonyl (C=O) groups excluding carboxylic acids is 1. The van der Waals surface area contributed by atoms with Gasteiger partial charge in [0.2, 0.25) is 5.91 Å². The molecule has 3 atom stereocenters. The fourth-order valence-electron chi connectivity index (χ4n) is 6.62. The molecule has 196 valence electrons. The molecule has 4 nitrogen and oxygen atoms in total. The predicted octanol–water partition coefficient (Wildman–Crippen LogP) is 7.48. The van der Waals surface area contributed by atoms with E-state index in [1.54, 1.807) is 12.1 Å². The van der Waals surface area contributed by atoms with Crippen LogP contribution in [0.25, 0.3) is 5.69 Å². The van der Waals surface area contributed by atoms with Crippen molar-refractivity contribution in [1.29, 1.82) is 0 Å². The molecule has 2 fully saturated rings. The molecule has 1 aromatic heterocycles. The quantitative estimate of drug-likeness (QED) is 0.349. The third-order valence-corrected chi connectivity index (χ3v) is 9.01. The van der Waals surface area contributed by atoms with Gasteiger partial charge in [0, 0.05) is 18.2 Å².